The Kier molecular flexibility index (Phi) is 3.24. The second-order valence-electron chi connectivity index (χ2n) is 2.66. The summed E-state index contributed by atoms with van der Waals surface area (Å²) in [4.78, 5) is 0. The molecule has 1 aromatic rings. The van der Waals surface area contributed by atoms with Crippen molar-refractivity contribution in [1.29, 1.82) is 0 Å². The summed E-state index contributed by atoms with van der Waals surface area (Å²) in [5, 5.41) is 0. The van der Waals surface area contributed by atoms with Crippen LogP contribution in [0.4, 0.5) is 13.2 Å². The number of methoxy groups -OCH3 is 1. The van der Waals surface area contributed by atoms with Gasteiger partial charge in [-0.1, -0.05) is 12.7 Å². The van der Waals surface area contributed by atoms with Crippen LogP contribution >= 0.6 is 0 Å². The Balaban J connectivity index is 3.03. The van der Waals surface area contributed by atoms with E-state index in [0.29, 0.717) is 5.75 Å². The molecule has 0 spiro atoms. The van der Waals surface area contributed by atoms with Crippen molar-refractivity contribution >= 4 is 6.08 Å². The van der Waals surface area contributed by atoms with Crippen molar-refractivity contribution < 1.29 is 22.6 Å². The van der Waals surface area contributed by atoms with Crippen molar-refractivity contribution in [2.75, 3.05) is 7.11 Å². The summed E-state index contributed by atoms with van der Waals surface area (Å²) in [5.74, 6) is 0.151. The lowest BCUT2D eigenvalue weighted by Gasteiger charge is -2.12. The predicted molar refractivity (Wildman–Crippen MR) is 49.8 cm³/mol. The number of rotatable bonds is 3. The molecule has 1 rings (SSSR count). The van der Waals surface area contributed by atoms with Gasteiger partial charge in [0.2, 0.25) is 0 Å². The molecule has 0 radical (unpaired) electrons. The number of hydrogen-bond acceptors (Lipinski definition) is 2. The molecule has 82 valence electrons. The van der Waals surface area contributed by atoms with Crippen molar-refractivity contribution in [3.05, 3.63) is 30.3 Å². The van der Waals surface area contributed by atoms with E-state index >= 15 is 0 Å². The second-order valence-corrected chi connectivity index (χ2v) is 2.66. The van der Waals surface area contributed by atoms with Crippen LogP contribution in [0.15, 0.2) is 24.8 Å². The zero-order valence-electron chi connectivity index (χ0n) is 7.97. The number of hydrogen-bond donors (Lipinski definition) is 0. The van der Waals surface area contributed by atoms with Gasteiger partial charge in [0.25, 0.3) is 0 Å². The lowest BCUT2D eigenvalue weighted by atomic mass is 10.2. The molecule has 15 heavy (non-hydrogen) atoms. The fourth-order valence-electron chi connectivity index (χ4n) is 1.03. The second kappa shape index (κ2) is 4.25. The van der Waals surface area contributed by atoms with E-state index in [0.717, 1.165) is 0 Å². The molecule has 0 amide bonds. The maximum atomic E-state index is 12.0. The first-order chi connectivity index (χ1) is 6.96. The quantitative estimate of drug-likeness (QED) is 0.775. The van der Waals surface area contributed by atoms with Gasteiger partial charge in [-0.2, -0.15) is 0 Å². The van der Waals surface area contributed by atoms with Gasteiger partial charge in [-0.3, -0.25) is 0 Å². The van der Waals surface area contributed by atoms with E-state index < -0.39 is 6.36 Å². The Morgan fingerprint density at radius 2 is 2.00 bits per heavy atom. The first-order valence-corrected chi connectivity index (χ1v) is 4.02. The van der Waals surface area contributed by atoms with Gasteiger partial charge < -0.3 is 9.47 Å². The van der Waals surface area contributed by atoms with Crippen LogP contribution in [0.5, 0.6) is 11.5 Å². The van der Waals surface area contributed by atoms with Crippen molar-refractivity contribution in [2.24, 2.45) is 0 Å². The molecule has 2 nitrogen and oxygen atoms in total. The lowest BCUT2D eigenvalue weighted by molar-refractivity contribution is -0.274. The highest BCUT2D eigenvalue weighted by Crippen LogP contribution is 2.29. The summed E-state index contributed by atoms with van der Waals surface area (Å²) in [6, 6.07) is 3.98. The third kappa shape index (κ3) is 3.19. The van der Waals surface area contributed by atoms with Gasteiger partial charge in [-0.15, -0.1) is 13.2 Å². The minimum atomic E-state index is -4.70. The maximum Gasteiger partial charge on any atom is 0.573 e. The summed E-state index contributed by atoms with van der Waals surface area (Å²) < 4.78 is 44.5. The van der Waals surface area contributed by atoms with Crippen LogP contribution in [-0.2, 0) is 0 Å². The Bertz CT molecular complexity index is 358. The Hall–Kier alpha value is -1.65. The largest absolute Gasteiger partial charge is 0.573 e. The highest BCUT2D eigenvalue weighted by molar-refractivity contribution is 5.58. The van der Waals surface area contributed by atoms with Gasteiger partial charge in [0.05, 0.1) is 7.11 Å². The molecular weight excluding hydrogens is 209 g/mol. The summed E-state index contributed by atoms with van der Waals surface area (Å²) in [6.07, 6.45) is -3.43. The van der Waals surface area contributed by atoms with Crippen molar-refractivity contribution in [2.45, 2.75) is 6.36 Å². The van der Waals surface area contributed by atoms with Crippen LogP contribution in [-0.4, -0.2) is 13.5 Å². The highest BCUT2D eigenvalue weighted by Gasteiger charge is 2.31. The van der Waals surface area contributed by atoms with Crippen LogP contribution in [0.3, 0.4) is 0 Å². The number of benzene rings is 1. The molecule has 0 N–H and O–H groups in total. The normalized spacial score (nSPS) is 10.9. The number of halogens is 3. The van der Waals surface area contributed by atoms with Crippen molar-refractivity contribution in [1.82, 2.24) is 0 Å². The molecule has 0 aromatic heterocycles. The van der Waals surface area contributed by atoms with Gasteiger partial charge >= 0.3 is 6.36 Å². The number of alkyl halides is 3. The lowest BCUT2D eigenvalue weighted by Crippen LogP contribution is -2.17. The summed E-state index contributed by atoms with van der Waals surface area (Å²) >= 11 is 0. The summed E-state index contributed by atoms with van der Waals surface area (Å²) in [5.41, 5.74) is 0.228. The molecule has 0 aliphatic rings. The van der Waals surface area contributed by atoms with Crippen LogP contribution in [0.25, 0.3) is 6.08 Å². The molecule has 0 fully saturated rings. The van der Waals surface area contributed by atoms with E-state index in [1.54, 1.807) is 0 Å². The Morgan fingerprint density at radius 1 is 1.33 bits per heavy atom. The maximum absolute atomic E-state index is 12.0. The molecule has 0 aliphatic heterocycles. The third-order valence-electron chi connectivity index (χ3n) is 1.66. The van der Waals surface area contributed by atoms with E-state index in [2.05, 4.69) is 11.3 Å². The SMILES string of the molecule is C=Cc1cc(OC)ccc1OC(F)(F)F. The first-order valence-electron chi connectivity index (χ1n) is 4.02. The fraction of sp³-hybridized carbons (Fsp3) is 0.200. The smallest absolute Gasteiger partial charge is 0.497 e. The third-order valence-corrected chi connectivity index (χ3v) is 1.66. The molecule has 0 atom stereocenters. The van der Waals surface area contributed by atoms with E-state index in [1.165, 1.54) is 31.4 Å². The van der Waals surface area contributed by atoms with Crippen molar-refractivity contribution in [3.63, 3.8) is 0 Å². The van der Waals surface area contributed by atoms with E-state index in [4.69, 9.17) is 4.74 Å². The van der Waals surface area contributed by atoms with E-state index in [-0.39, 0.29) is 11.3 Å². The molecule has 1 aromatic carbocycles. The zero-order chi connectivity index (χ0) is 11.5. The van der Waals surface area contributed by atoms with Gasteiger partial charge in [0, 0.05) is 5.56 Å². The minimum Gasteiger partial charge on any atom is -0.497 e. The van der Waals surface area contributed by atoms with E-state index in [1.807, 2.05) is 0 Å². The molecule has 0 aliphatic carbocycles. The van der Waals surface area contributed by atoms with Gasteiger partial charge in [-0.25, -0.2) is 0 Å². The number of ether oxygens (including phenoxy) is 2. The van der Waals surface area contributed by atoms with Crippen LogP contribution < -0.4 is 9.47 Å². The van der Waals surface area contributed by atoms with Gasteiger partial charge in [0.15, 0.2) is 0 Å². The fourth-order valence-corrected chi connectivity index (χ4v) is 1.03. The standard InChI is InChI=1S/C10H9F3O2/c1-3-7-6-8(14-2)4-5-9(7)15-10(11,12)13/h3-6H,1H2,2H3. The molecule has 0 unspecified atom stereocenters. The van der Waals surface area contributed by atoms with Crippen LogP contribution in [0.1, 0.15) is 5.56 Å². The predicted octanol–water partition coefficient (Wildman–Crippen LogP) is 3.24. The van der Waals surface area contributed by atoms with Gasteiger partial charge in [0.1, 0.15) is 11.5 Å². The minimum absolute atomic E-state index is 0.228. The highest BCUT2D eigenvalue weighted by atomic mass is 19.4. The average Bonchev–Trinajstić information content (AvgIpc) is 2.16. The monoisotopic (exact) mass is 218 g/mol. The summed E-state index contributed by atoms with van der Waals surface area (Å²) in [6.45, 7) is 3.39. The van der Waals surface area contributed by atoms with Crippen LogP contribution in [0, 0.1) is 0 Å². The van der Waals surface area contributed by atoms with Crippen molar-refractivity contribution in [3.8, 4) is 11.5 Å². The topological polar surface area (TPSA) is 18.5 Å². The summed E-state index contributed by atoms with van der Waals surface area (Å²) in [7, 11) is 1.42. The van der Waals surface area contributed by atoms with E-state index in [9.17, 15) is 13.2 Å². The first kappa shape index (κ1) is 11.4. The Morgan fingerprint density at radius 3 is 2.47 bits per heavy atom. The molecule has 0 saturated carbocycles. The molecule has 0 bridgehead atoms. The molecule has 0 heterocycles. The zero-order valence-corrected chi connectivity index (χ0v) is 7.97. The molecular formula is C10H9F3O2. The average molecular weight is 218 g/mol. The molecule has 5 heteroatoms. The van der Waals surface area contributed by atoms with Gasteiger partial charge in [-0.05, 0) is 18.2 Å². The van der Waals surface area contributed by atoms with Crippen LogP contribution in [0.2, 0.25) is 0 Å². The Labute approximate surface area is 84.9 Å². The molecule has 0 saturated heterocycles.